The molecule has 0 aliphatic heterocycles. The lowest BCUT2D eigenvalue weighted by Crippen LogP contribution is -2.45. The minimum atomic E-state index is -0.155. The lowest BCUT2D eigenvalue weighted by atomic mass is 10.1. The maximum Gasteiger partial charge on any atom is 0.234 e. The Labute approximate surface area is 104 Å². The summed E-state index contributed by atoms with van der Waals surface area (Å²) in [5, 5.41) is 6.06. The van der Waals surface area contributed by atoms with Gasteiger partial charge in [0.25, 0.3) is 0 Å². The SMILES string of the molecule is CC(C)(C)NC(=O)CNCCc1ccccc1. The molecule has 1 rings (SSSR count). The summed E-state index contributed by atoms with van der Waals surface area (Å²) in [5.74, 6) is 0.0468. The summed E-state index contributed by atoms with van der Waals surface area (Å²) in [7, 11) is 0. The van der Waals surface area contributed by atoms with Crippen LogP contribution in [0.4, 0.5) is 0 Å². The van der Waals surface area contributed by atoms with E-state index in [1.807, 2.05) is 39.0 Å². The van der Waals surface area contributed by atoms with Crippen LogP contribution in [-0.4, -0.2) is 24.5 Å². The van der Waals surface area contributed by atoms with Gasteiger partial charge >= 0.3 is 0 Å². The van der Waals surface area contributed by atoms with Crippen LogP contribution in [0, 0.1) is 0 Å². The van der Waals surface area contributed by atoms with Gasteiger partial charge in [-0.25, -0.2) is 0 Å². The quantitative estimate of drug-likeness (QED) is 0.762. The van der Waals surface area contributed by atoms with Gasteiger partial charge in [0.05, 0.1) is 6.54 Å². The third kappa shape index (κ3) is 6.74. The Hall–Kier alpha value is -1.35. The Balaban J connectivity index is 2.14. The second kappa shape index (κ2) is 6.40. The van der Waals surface area contributed by atoms with E-state index in [1.54, 1.807) is 0 Å². The molecule has 3 heteroatoms. The third-order valence-corrected chi connectivity index (χ3v) is 2.23. The molecule has 0 atom stereocenters. The predicted octanol–water partition coefficient (Wildman–Crippen LogP) is 1.73. The molecule has 0 heterocycles. The maximum atomic E-state index is 11.5. The Morgan fingerprint density at radius 3 is 2.41 bits per heavy atom. The van der Waals surface area contributed by atoms with Crippen molar-refractivity contribution in [2.45, 2.75) is 32.7 Å². The molecule has 0 radical (unpaired) electrons. The van der Waals surface area contributed by atoms with Crippen molar-refractivity contribution in [1.82, 2.24) is 10.6 Å². The zero-order chi connectivity index (χ0) is 12.7. The number of nitrogens with one attached hydrogen (secondary N) is 2. The first-order valence-corrected chi connectivity index (χ1v) is 6.03. The van der Waals surface area contributed by atoms with Crippen LogP contribution < -0.4 is 10.6 Å². The highest BCUT2D eigenvalue weighted by Gasteiger charge is 2.12. The largest absolute Gasteiger partial charge is 0.350 e. The van der Waals surface area contributed by atoms with E-state index in [2.05, 4.69) is 22.8 Å². The Morgan fingerprint density at radius 1 is 1.18 bits per heavy atom. The molecule has 3 nitrogen and oxygen atoms in total. The summed E-state index contributed by atoms with van der Waals surface area (Å²) in [6.07, 6.45) is 0.948. The number of benzene rings is 1. The van der Waals surface area contributed by atoms with Crippen LogP contribution in [0.3, 0.4) is 0 Å². The van der Waals surface area contributed by atoms with Crippen molar-refractivity contribution in [1.29, 1.82) is 0 Å². The summed E-state index contributed by atoms with van der Waals surface area (Å²) in [6, 6.07) is 10.3. The van der Waals surface area contributed by atoms with Crippen molar-refractivity contribution in [2.75, 3.05) is 13.1 Å². The van der Waals surface area contributed by atoms with Crippen LogP contribution in [0.1, 0.15) is 26.3 Å². The third-order valence-electron chi connectivity index (χ3n) is 2.23. The Kier molecular flexibility index (Phi) is 5.16. The second-order valence-electron chi connectivity index (χ2n) is 5.21. The molecule has 1 aromatic rings. The van der Waals surface area contributed by atoms with E-state index in [-0.39, 0.29) is 11.4 Å². The van der Waals surface area contributed by atoms with E-state index in [0.29, 0.717) is 6.54 Å². The van der Waals surface area contributed by atoms with Gasteiger partial charge in [-0.1, -0.05) is 30.3 Å². The number of carbonyl (C=O) groups excluding carboxylic acids is 1. The molecule has 0 aromatic heterocycles. The zero-order valence-corrected chi connectivity index (χ0v) is 10.9. The molecule has 0 saturated heterocycles. The number of carbonyl (C=O) groups is 1. The molecule has 0 bridgehead atoms. The lowest BCUT2D eigenvalue weighted by Gasteiger charge is -2.20. The number of amides is 1. The van der Waals surface area contributed by atoms with Crippen molar-refractivity contribution in [2.24, 2.45) is 0 Å². The van der Waals surface area contributed by atoms with Gasteiger partial charge in [-0.3, -0.25) is 4.79 Å². The highest BCUT2D eigenvalue weighted by Crippen LogP contribution is 1.98. The van der Waals surface area contributed by atoms with Crippen LogP contribution in [0.5, 0.6) is 0 Å². The van der Waals surface area contributed by atoms with Gasteiger partial charge in [-0.05, 0) is 39.3 Å². The highest BCUT2D eigenvalue weighted by molar-refractivity contribution is 5.78. The van der Waals surface area contributed by atoms with Gasteiger partial charge < -0.3 is 10.6 Å². The molecule has 0 saturated carbocycles. The summed E-state index contributed by atoms with van der Waals surface area (Å²) in [5.41, 5.74) is 1.13. The molecule has 0 aliphatic carbocycles. The monoisotopic (exact) mass is 234 g/mol. The first-order valence-electron chi connectivity index (χ1n) is 6.03. The Bertz CT molecular complexity index is 341. The summed E-state index contributed by atoms with van der Waals surface area (Å²) >= 11 is 0. The predicted molar refractivity (Wildman–Crippen MR) is 70.9 cm³/mol. The molecule has 0 aliphatic rings. The highest BCUT2D eigenvalue weighted by atomic mass is 16.2. The molecule has 0 unspecified atom stereocenters. The van der Waals surface area contributed by atoms with Crippen molar-refractivity contribution in [3.8, 4) is 0 Å². The normalized spacial score (nSPS) is 11.2. The number of hydrogen-bond acceptors (Lipinski definition) is 2. The van der Waals surface area contributed by atoms with E-state index < -0.39 is 0 Å². The van der Waals surface area contributed by atoms with Crippen LogP contribution in [0.2, 0.25) is 0 Å². The van der Waals surface area contributed by atoms with E-state index in [0.717, 1.165) is 13.0 Å². The first-order chi connectivity index (χ1) is 7.97. The van der Waals surface area contributed by atoms with Gasteiger partial charge in [-0.2, -0.15) is 0 Å². The minimum absolute atomic E-state index is 0.0468. The lowest BCUT2D eigenvalue weighted by molar-refractivity contribution is -0.121. The molecule has 1 aromatic carbocycles. The molecular formula is C14H22N2O. The average molecular weight is 234 g/mol. The fourth-order valence-corrected chi connectivity index (χ4v) is 1.54. The summed E-state index contributed by atoms with van der Waals surface area (Å²) < 4.78 is 0. The second-order valence-corrected chi connectivity index (χ2v) is 5.21. The fraction of sp³-hybridized carbons (Fsp3) is 0.500. The van der Waals surface area contributed by atoms with Gasteiger partial charge in [-0.15, -0.1) is 0 Å². The van der Waals surface area contributed by atoms with Gasteiger partial charge in [0, 0.05) is 5.54 Å². The standard InChI is InChI=1S/C14H22N2O/c1-14(2,3)16-13(17)11-15-10-9-12-7-5-4-6-8-12/h4-8,15H,9-11H2,1-3H3,(H,16,17). The zero-order valence-electron chi connectivity index (χ0n) is 10.9. The van der Waals surface area contributed by atoms with Gasteiger partial charge in [0.1, 0.15) is 0 Å². The topological polar surface area (TPSA) is 41.1 Å². The molecular weight excluding hydrogens is 212 g/mol. The summed E-state index contributed by atoms with van der Waals surface area (Å²) in [6.45, 7) is 7.14. The van der Waals surface area contributed by atoms with Crippen LogP contribution >= 0.6 is 0 Å². The van der Waals surface area contributed by atoms with Crippen LogP contribution in [0.25, 0.3) is 0 Å². The number of rotatable bonds is 5. The Morgan fingerprint density at radius 2 is 1.82 bits per heavy atom. The number of hydrogen-bond donors (Lipinski definition) is 2. The molecule has 94 valence electrons. The fourth-order valence-electron chi connectivity index (χ4n) is 1.54. The molecule has 0 fully saturated rings. The maximum absolute atomic E-state index is 11.5. The molecule has 0 spiro atoms. The molecule has 17 heavy (non-hydrogen) atoms. The van der Waals surface area contributed by atoms with Crippen LogP contribution in [-0.2, 0) is 11.2 Å². The smallest absolute Gasteiger partial charge is 0.234 e. The minimum Gasteiger partial charge on any atom is -0.350 e. The van der Waals surface area contributed by atoms with E-state index in [9.17, 15) is 4.79 Å². The van der Waals surface area contributed by atoms with Crippen molar-refractivity contribution in [3.63, 3.8) is 0 Å². The first kappa shape index (κ1) is 13.7. The van der Waals surface area contributed by atoms with E-state index in [4.69, 9.17) is 0 Å². The van der Waals surface area contributed by atoms with E-state index in [1.165, 1.54) is 5.56 Å². The van der Waals surface area contributed by atoms with Crippen molar-refractivity contribution in [3.05, 3.63) is 35.9 Å². The van der Waals surface area contributed by atoms with Gasteiger partial charge in [0.2, 0.25) is 5.91 Å². The molecule has 2 N–H and O–H groups in total. The van der Waals surface area contributed by atoms with Gasteiger partial charge in [0.15, 0.2) is 0 Å². The average Bonchev–Trinajstić information content (AvgIpc) is 2.23. The van der Waals surface area contributed by atoms with Crippen molar-refractivity contribution < 1.29 is 4.79 Å². The van der Waals surface area contributed by atoms with E-state index >= 15 is 0 Å². The van der Waals surface area contributed by atoms with Crippen molar-refractivity contribution >= 4 is 5.91 Å². The van der Waals surface area contributed by atoms with Crippen LogP contribution in [0.15, 0.2) is 30.3 Å². The molecule has 1 amide bonds. The summed E-state index contributed by atoms with van der Waals surface area (Å²) in [4.78, 5) is 11.5.